The monoisotopic (exact) mass is 460 g/mol. The molecule has 2 aliphatic rings. The number of nitrogens with one attached hydrogen (secondary N) is 1. The Morgan fingerprint density at radius 3 is 2.44 bits per heavy atom. The maximum atomic E-state index is 13.2. The molecule has 6 heteroatoms. The lowest BCUT2D eigenvalue weighted by Crippen LogP contribution is -2.38. The largest absolute Gasteiger partial charge is 0.325 e. The van der Waals surface area contributed by atoms with Gasteiger partial charge in [0.25, 0.3) is 0 Å². The van der Waals surface area contributed by atoms with Crippen molar-refractivity contribution in [2.24, 2.45) is 0 Å². The average molecular weight is 461 g/mol. The van der Waals surface area contributed by atoms with Crippen LogP contribution in [0, 0.1) is 5.82 Å². The van der Waals surface area contributed by atoms with E-state index in [1.807, 2.05) is 30.3 Å². The highest BCUT2D eigenvalue weighted by Crippen LogP contribution is 2.28. The van der Waals surface area contributed by atoms with Crippen molar-refractivity contribution in [3.05, 3.63) is 71.7 Å². The Labute approximate surface area is 201 Å². The number of nitrogens with zero attached hydrogens (tertiary/aromatic N) is 3. The van der Waals surface area contributed by atoms with Crippen molar-refractivity contribution >= 4 is 22.5 Å². The van der Waals surface area contributed by atoms with Crippen LogP contribution in [0.25, 0.3) is 10.9 Å². The molecule has 34 heavy (non-hydrogen) atoms. The number of benzene rings is 2. The van der Waals surface area contributed by atoms with Gasteiger partial charge in [-0.1, -0.05) is 24.6 Å². The van der Waals surface area contributed by atoms with E-state index in [0.29, 0.717) is 12.5 Å². The van der Waals surface area contributed by atoms with E-state index in [1.54, 1.807) is 0 Å². The van der Waals surface area contributed by atoms with Gasteiger partial charge in [-0.05, 0) is 99.7 Å². The van der Waals surface area contributed by atoms with E-state index < -0.39 is 0 Å². The van der Waals surface area contributed by atoms with Gasteiger partial charge in [0.2, 0.25) is 5.91 Å². The van der Waals surface area contributed by atoms with E-state index in [9.17, 15) is 9.18 Å². The fourth-order valence-electron chi connectivity index (χ4n) is 5.24. The van der Waals surface area contributed by atoms with Crippen molar-refractivity contribution in [2.75, 3.05) is 38.0 Å². The molecule has 2 fully saturated rings. The van der Waals surface area contributed by atoms with E-state index in [0.717, 1.165) is 67.8 Å². The number of carbonyl (C=O) groups is 1. The number of aromatic nitrogens is 1. The first-order valence-corrected chi connectivity index (χ1v) is 12.5. The molecule has 0 unspecified atom stereocenters. The first-order chi connectivity index (χ1) is 16.6. The molecule has 2 aliphatic heterocycles. The molecule has 0 spiro atoms. The molecular formula is C28H33FN4O. The lowest BCUT2D eigenvalue weighted by Gasteiger charge is -2.31. The minimum absolute atomic E-state index is 0.00857. The summed E-state index contributed by atoms with van der Waals surface area (Å²) in [7, 11) is 0. The van der Waals surface area contributed by atoms with Gasteiger partial charge < -0.3 is 5.32 Å². The van der Waals surface area contributed by atoms with Gasteiger partial charge >= 0.3 is 0 Å². The summed E-state index contributed by atoms with van der Waals surface area (Å²) < 4.78 is 13.2. The number of hydrogen-bond donors (Lipinski definition) is 1. The Bertz CT molecular complexity index is 1120. The summed E-state index contributed by atoms with van der Waals surface area (Å²) in [5, 5.41) is 4.09. The van der Waals surface area contributed by atoms with Crippen LogP contribution in [0.1, 0.15) is 49.3 Å². The third kappa shape index (κ3) is 5.80. The van der Waals surface area contributed by atoms with Crippen molar-refractivity contribution in [3.63, 3.8) is 0 Å². The number of piperidine rings is 2. The third-order valence-electron chi connectivity index (χ3n) is 7.16. The molecule has 0 atom stereocenters. The number of halogens is 1. The number of likely N-dealkylation sites (tertiary alicyclic amines) is 2. The molecule has 0 saturated carbocycles. The van der Waals surface area contributed by atoms with Crippen molar-refractivity contribution in [1.29, 1.82) is 0 Å². The minimum Gasteiger partial charge on any atom is -0.325 e. The first-order valence-electron chi connectivity index (χ1n) is 12.5. The third-order valence-corrected chi connectivity index (χ3v) is 7.16. The van der Waals surface area contributed by atoms with Gasteiger partial charge in [-0.15, -0.1) is 0 Å². The van der Waals surface area contributed by atoms with Crippen LogP contribution in [0.5, 0.6) is 0 Å². The van der Waals surface area contributed by atoms with Gasteiger partial charge in [-0.2, -0.15) is 0 Å². The Morgan fingerprint density at radius 1 is 0.912 bits per heavy atom. The molecule has 3 aromatic rings. The Hall–Kier alpha value is -2.83. The summed E-state index contributed by atoms with van der Waals surface area (Å²) in [5.41, 5.74) is 4.07. The number of amides is 1. The highest BCUT2D eigenvalue weighted by Gasteiger charge is 2.22. The molecule has 5 nitrogen and oxygen atoms in total. The predicted octanol–water partition coefficient (Wildman–Crippen LogP) is 5.18. The van der Waals surface area contributed by atoms with Crippen molar-refractivity contribution in [2.45, 2.75) is 44.6 Å². The zero-order valence-electron chi connectivity index (χ0n) is 19.7. The van der Waals surface area contributed by atoms with Crippen LogP contribution in [0.15, 0.2) is 54.6 Å². The SMILES string of the molecule is O=C(CN1CCC(c2ccc(F)cc2)CC1)Nc1ccc2nc(CN3CCCCC3)ccc2c1. The van der Waals surface area contributed by atoms with E-state index in [1.165, 1.54) is 37.0 Å². The molecular weight excluding hydrogens is 427 g/mol. The highest BCUT2D eigenvalue weighted by molar-refractivity contribution is 5.94. The molecule has 1 amide bonds. The summed E-state index contributed by atoms with van der Waals surface area (Å²) in [4.78, 5) is 22.2. The normalized spacial score (nSPS) is 18.3. The molecule has 2 saturated heterocycles. The molecule has 0 aliphatic carbocycles. The van der Waals surface area contributed by atoms with Gasteiger partial charge in [0.05, 0.1) is 17.8 Å². The summed E-state index contributed by atoms with van der Waals surface area (Å²) in [6.45, 7) is 5.37. The van der Waals surface area contributed by atoms with Gasteiger partial charge in [-0.3, -0.25) is 19.6 Å². The number of carbonyl (C=O) groups excluding carboxylic acids is 1. The van der Waals surface area contributed by atoms with Crippen LogP contribution in [0.3, 0.4) is 0 Å². The summed E-state index contributed by atoms with van der Waals surface area (Å²) in [6, 6.07) is 17.0. The molecule has 3 heterocycles. The Kier molecular flexibility index (Phi) is 7.16. The second kappa shape index (κ2) is 10.6. The van der Waals surface area contributed by atoms with Gasteiger partial charge in [0, 0.05) is 17.6 Å². The maximum Gasteiger partial charge on any atom is 0.238 e. The van der Waals surface area contributed by atoms with Crippen LogP contribution in [-0.2, 0) is 11.3 Å². The number of fused-ring (bicyclic) bond motifs is 1. The second-order valence-corrected chi connectivity index (χ2v) is 9.70. The fourth-order valence-corrected chi connectivity index (χ4v) is 5.24. The number of anilines is 1. The molecule has 2 aromatic carbocycles. The lowest BCUT2D eigenvalue weighted by atomic mass is 9.89. The Morgan fingerprint density at radius 2 is 1.68 bits per heavy atom. The standard InChI is InChI=1S/C28H33FN4O/c29-24-7-4-21(5-8-24)22-12-16-33(17-13-22)20-28(34)31-25-10-11-27-23(18-25)6-9-26(30-27)19-32-14-2-1-3-15-32/h4-11,18,22H,1-3,12-17,19-20H2,(H,31,34). The Balaban J connectivity index is 1.13. The molecule has 1 aromatic heterocycles. The smallest absolute Gasteiger partial charge is 0.238 e. The van der Waals surface area contributed by atoms with E-state index in [2.05, 4.69) is 27.2 Å². The van der Waals surface area contributed by atoms with Crippen LogP contribution >= 0.6 is 0 Å². The molecule has 0 bridgehead atoms. The summed E-state index contributed by atoms with van der Waals surface area (Å²) >= 11 is 0. The predicted molar refractivity (Wildman–Crippen MR) is 134 cm³/mol. The molecule has 5 rings (SSSR count). The fraction of sp³-hybridized carbons (Fsp3) is 0.429. The molecule has 178 valence electrons. The van der Waals surface area contributed by atoms with Crippen LogP contribution < -0.4 is 5.32 Å². The lowest BCUT2D eigenvalue weighted by molar-refractivity contribution is -0.117. The maximum absolute atomic E-state index is 13.2. The van der Waals surface area contributed by atoms with Gasteiger partial charge in [0.1, 0.15) is 5.82 Å². The highest BCUT2D eigenvalue weighted by atomic mass is 19.1. The molecule has 1 N–H and O–H groups in total. The van der Waals surface area contributed by atoms with Gasteiger partial charge in [0.15, 0.2) is 0 Å². The first kappa shape index (κ1) is 22.9. The average Bonchev–Trinajstić information content (AvgIpc) is 2.86. The minimum atomic E-state index is -0.194. The zero-order valence-corrected chi connectivity index (χ0v) is 19.7. The van der Waals surface area contributed by atoms with Gasteiger partial charge in [-0.25, -0.2) is 4.39 Å². The van der Waals surface area contributed by atoms with Crippen LogP contribution in [-0.4, -0.2) is 53.4 Å². The number of hydrogen-bond acceptors (Lipinski definition) is 4. The topological polar surface area (TPSA) is 48.5 Å². The molecule has 0 radical (unpaired) electrons. The summed E-state index contributed by atoms with van der Waals surface area (Å²) in [6.07, 6.45) is 5.87. The zero-order chi connectivity index (χ0) is 23.3. The number of rotatable bonds is 6. The summed E-state index contributed by atoms with van der Waals surface area (Å²) in [5.74, 6) is 0.252. The van der Waals surface area contributed by atoms with E-state index in [-0.39, 0.29) is 11.7 Å². The quantitative estimate of drug-likeness (QED) is 0.551. The van der Waals surface area contributed by atoms with Crippen LogP contribution in [0.4, 0.5) is 10.1 Å². The van der Waals surface area contributed by atoms with Crippen molar-refractivity contribution in [1.82, 2.24) is 14.8 Å². The van der Waals surface area contributed by atoms with E-state index >= 15 is 0 Å². The van der Waals surface area contributed by atoms with Crippen LogP contribution in [0.2, 0.25) is 0 Å². The second-order valence-electron chi connectivity index (χ2n) is 9.70. The van der Waals surface area contributed by atoms with Crippen molar-refractivity contribution in [3.8, 4) is 0 Å². The van der Waals surface area contributed by atoms with E-state index in [4.69, 9.17) is 4.98 Å². The van der Waals surface area contributed by atoms with Crippen molar-refractivity contribution < 1.29 is 9.18 Å². The number of pyridine rings is 1.